The van der Waals surface area contributed by atoms with Crippen LogP contribution >= 0.6 is 0 Å². The molecule has 0 aliphatic heterocycles. The van der Waals surface area contributed by atoms with Crippen LogP contribution in [0.2, 0.25) is 0 Å². The Morgan fingerprint density at radius 2 is 2.04 bits per heavy atom. The van der Waals surface area contributed by atoms with Crippen LogP contribution in [0.5, 0.6) is 0 Å². The summed E-state index contributed by atoms with van der Waals surface area (Å²) in [5, 5.41) is 16.9. The standard InChI is InChI=1S/C12H11F3N4O4S/c1-24(22,23)11-4-9(19(20)21)2-3-10(11)17-8-5-16-18(6-8)7-12(13,14)15/h2-6,17H,7H2,1H3. The molecular formula is C12H11F3N4O4S. The normalized spacial score (nSPS) is 12.2. The van der Waals surface area contributed by atoms with Crippen LogP contribution in [0.15, 0.2) is 35.5 Å². The number of nitro groups is 1. The fourth-order valence-corrected chi connectivity index (χ4v) is 2.74. The van der Waals surface area contributed by atoms with Gasteiger partial charge in [-0.2, -0.15) is 18.3 Å². The monoisotopic (exact) mass is 364 g/mol. The van der Waals surface area contributed by atoms with Gasteiger partial charge in [0.05, 0.1) is 27.4 Å². The third-order valence-corrected chi connectivity index (χ3v) is 3.97. The van der Waals surface area contributed by atoms with Crippen LogP contribution < -0.4 is 5.32 Å². The Labute approximate surface area is 134 Å². The lowest BCUT2D eigenvalue weighted by molar-refractivity contribution is -0.385. The number of alkyl halides is 3. The molecule has 8 nitrogen and oxygen atoms in total. The predicted molar refractivity (Wildman–Crippen MR) is 77.8 cm³/mol. The number of non-ortho nitro benzene ring substituents is 1. The lowest BCUT2D eigenvalue weighted by atomic mass is 10.3. The van der Waals surface area contributed by atoms with Crippen molar-refractivity contribution < 1.29 is 26.5 Å². The first-order valence-electron chi connectivity index (χ1n) is 6.30. The van der Waals surface area contributed by atoms with Crippen molar-refractivity contribution in [1.29, 1.82) is 0 Å². The van der Waals surface area contributed by atoms with E-state index in [2.05, 4.69) is 10.4 Å². The average molecular weight is 364 g/mol. The van der Waals surface area contributed by atoms with Crippen molar-refractivity contribution in [1.82, 2.24) is 9.78 Å². The number of sulfone groups is 1. The molecule has 24 heavy (non-hydrogen) atoms. The molecule has 0 unspecified atom stereocenters. The summed E-state index contributed by atoms with van der Waals surface area (Å²) < 4.78 is 61.1. The Hall–Kier alpha value is -2.63. The second-order valence-corrected chi connectivity index (χ2v) is 6.86. The van der Waals surface area contributed by atoms with E-state index in [0.29, 0.717) is 4.68 Å². The van der Waals surface area contributed by atoms with Gasteiger partial charge in [0, 0.05) is 24.6 Å². The van der Waals surface area contributed by atoms with Gasteiger partial charge in [-0.1, -0.05) is 0 Å². The number of halogens is 3. The number of rotatable bonds is 5. The van der Waals surface area contributed by atoms with E-state index in [-0.39, 0.29) is 16.3 Å². The van der Waals surface area contributed by atoms with Crippen LogP contribution in [0.25, 0.3) is 0 Å². The van der Waals surface area contributed by atoms with E-state index in [1.807, 2.05) is 0 Å². The molecule has 0 fully saturated rings. The number of nitrogens with zero attached hydrogens (tertiary/aromatic N) is 3. The van der Waals surface area contributed by atoms with Crippen molar-refractivity contribution in [2.75, 3.05) is 11.6 Å². The summed E-state index contributed by atoms with van der Waals surface area (Å²) in [6.07, 6.45) is -1.46. The number of nitrogens with one attached hydrogen (secondary N) is 1. The minimum Gasteiger partial charge on any atom is -0.352 e. The van der Waals surface area contributed by atoms with Crippen molar-refractivity contribution >= 4 is 26.9 Å². The summed E-state index contributed by atoms with van der Waals surface area (Å²) >= 11 is 0. The Balaban J connectivity index is 2.34. The highest BCUT2D eigenvalue weighted by Gasteiger charge is 2.28. The first kappa shape index (κ1) is 17.7. The highest BCUT2D eigenvalue weighted by atomic mass is 32.2. The quantitative estimate of drug-likeness (QED) is 0.645. The molecule has 1 N–H and O–H groups in total. The summed E-state index contributed by atoms with van der Waals surface area (Å²) in [4.78, 5) is 9.66. The van der Waals surface area contributed by atoms with Gasteiger partial charge in [-0.05, 0) is 6.07 Å². The van der Waals surface area contributed by atoms with Crippen molar-refractivity contribution in [2.24, 2.45) is 0 Å². The molecule has 2 aromatic rings. The van der Waals surface area contributed by atoms with Crippen LogP contribution in [0.3, 0.4) is 0 Å². The van der Waals surface area contributed by atoms with Gasteiger partial charge in [0.1, 0.15) is 6.54 Å². The molecule has 0 saturated heterocycles. The number of anilines is 2. The Bertz CT molecular complexity index is 877. The Morgan fingerprint density at radius 1 is 1.38 bits per heavy atom. The maximum atomic E-state index is 12.3. The molecule has 0 aliphatic rings. The van der Waals surface area contributed by atoms with E-state index in [1.54, 1.807) is 0 Å². The molecule has 0 atom stereocenters. The van der Waals surface area contributed by atoms with E-state index < -0.39 is 33.2 Å². The third-order valence-electron chi connectivity index (χ3n) is 2.83. The molecule has 130 valence electrons. The second kappa shape index (κ2) is 6.11. The highest BCUT2D eigenvalue weighted by Crippen LogP contribution is 2.29. The first-order valence-corrected chi connectivity index (χ1v) is 8.19. The third kappa shape index (κ3) is 4.44. The summed E-state index contributed by atoms with van der Waals surface area (Å²) in [6, 6.07) is 3.12. The van der Waals surface area contributed by atoms with Gasteiger partial charge in [-0.3, -0.25) is 14.8 Å². The minimum absolute atomic E-state index is 0.00495. The van der Waals surface area contributed by atoms with Gasteiger partial charge >= 0.3 is 6.18 Å². The summed E-state index contributed by atoms with van der Waals surface area (Å²) in [5.74, 6) is 0. The topological polar surface area (TPSA) is 107 Å². The van der Waals surface area contributed by atoms with Crippen molar-refractivity contribution in [3.8, 4) is 0 Å². The molecule has 12 heteroatoms. The number of hydrogen-bond donors (Lipinski definition) is 1. The van der Waals surface area contributed by atoms with Crippen molar-refractivity contribution in [2.45, 2.75) is 17.6 Å². The summed E-state index contributed by atoms with van der Waals surface area (Å²) in [5.41, 5.74) is -0.318. The van der Waals surface area contributed by atoms with Crippen LogP contribution in [0.4, 0.5) is 30.2 Å². The molecule has 0 aliphatic carbocycles. The Morgan fingerprint density at radius 3 is 2.58 bits per heavy atom. The van der Waals surface area contributed by atoms with Crippen LogP contribution in [-0.4, -0.2) is 35.6 Å². The zero-order valence-corrected chi connectivity index (χ0v) is 12.9. The fraction of sp³-hybridized carbons (Fsp3) is 0.250. The van der Waals surface area contributed by atoms with Gasteiger partial charge in [-0.25, -0.2) is 8.42 Å². The van der Waals surface area contributed by atoms with Crippen LogP contribution in [0.1, 0.15) is 0 Å². The molecule has 1 heterocycles. The minimum atomic E-state index is -4.45. The lowest BCUT2D eigenvalue weighted by Crippen LogP contribution is -2.17. The van der Waals surface area contributed by atoms with Gasteiger partial charge in [0.15, 0.2) is 9.84 Å². The van der Waals surface area contributed by atoms with Gasteiger partial charge in [-0.15, -0.1) is 0 Å². The maximum absolute atomic E-state index is 12.3. The van der Waals surface area contributed by atoms with Crippen molar-refractivity contribution in [3.63, 3.8) is 0 Å². The second-order valence-electron chi connectivity index (χ2n) is 4.88. The average Bonchev–Trinajstić information content (AvgIpc) is 2.82. The molecule has 0 saturated carbocycles. The number of aromatic nitrogens is 2. The van der Waals surface area contributed by atoms with Gasteiger partial charge in [0.2, 0.25) is 0 Å². The maximum Gasteiger partial charge on any atom is 0.408 e. The molecule has 2 rings (SSSR count). The largest absolute Gasteiger partial charge is 0.408 e. The molecular weight excluding hydrogens is 353 g/mol. The predicted octanol–water partition coefficient (Wildman–Crippen LogP) is 2.50. The summed E-state index contributed by atoms with van der Waals surface area (Å²) in [7, 11) is -3.81. The van der Waals surface area contributed by atoms with E-state index in [1.165, 1.54) is 0 Å². The van der Waals surface area contributed by atoms with E-state index in [0.717, 1.165) is 36.8 Å². The van der Waals surface area contributed by atoms with E-state index in [4.69, 9.17) is 0 Å². The zero-order chi connectivity index (χ0) is 18.1. The highest BCUT2D eigenvalue weighted by molar-refractivity contribution is 7.90. The number of benzene rings is 1. The molecule has 0 bridgehead atoms. The fourth-order valence-electron chi connectivity index (χ4n) is 1.89. The SMILES string of the molecule is CS(=O)(=O)c1cc([N+](=O)[O-])ccc1Nc1cnn(CC(F)(F)F)c1. The lowest BCUT2D eigenvalue weighted by Gasteiger charge is -2.09. The van der Waals surface area contributed by atoms with Crippen LogP contribution in [-0.2, 0) is 16.4 Å². The van der Waals surface area contributed by atoms with E-state index >= 15 is 0 Å². The molecule has 0 spiro atoms. The van der Waals surface area contributed by atoms with Gasteiger partial charge < -0.3 is 5.32 Å². The number of nitro benzene ring substituents is 1. The van der Waals surface area contributed by atoms with Crippen molar-refractivity contribution in [3.05, 3.63) is 40.7 Å². The van der Waals surface area contributed by atoms with E-state index in [9.17, 15) is 31.7 Å². The van der Waals surface area contributed by atoms with Crippen LogP contribution in [0, 0.1) is 10.1 Å². The Kier molecular flexibility index (Phi) is 4.51. The summed E-state index contributed by atoms with van der Waals surface area (Å²) in [6.45, 7) is -1.30. The van der Waals surface area contributed by atoms with Gasteiger partial charge in [0.25, 0.3) is 5.69 Å². The smallest absolute Gasteiger partial charge is 0.352 e. The first-order chi connectivity index (χ1) is 11.0. The molecule has 0 radical (unpaired) electrons. The molecule has 1 aromatic heterocycles. The number of hydrogen-bond acceptors (Lipinski definition) is 6. The molecule has 1 aromatic carbocycles. The molecule has 0 amide bonds. The zero-order valence-electron chi connectivity index (χ0n) is 12.1.